The van der Waals surface area contributed by atoms with E-state index in [1.54, 1.807) is 0 Å². The maximum absolute atomic E-state index is 6.37. The largest absolute Gasteiger partial charge is 0.455 e. The summed E-state index contributed by atoms with van der Waals surface area (Å²) in [5.74, 6) is 1.31. The molecule has 0 spiro atoms. The van der Waals surface area contributed by atoms with Crippen molar-refractivity contribution < 1.29 is 8.83 Å². The lowest BCUT2D eigenvalue weighted by Crippen LogP contribution is -2.03. The zero-order valence-electron chi connectivity index (χ0n) is 61.5. The summed E-state index contributed by atoms with van der Waals surface area (Å²) in [6, 6.07) is 138. The van der Waals surface area contributed by atoms with E-state index in [0.29, 0.717) is 11.9 Å². The van der Waals surface area contributed by atoms with Crippen LogP contribution in [-0.2, 0) is 0 Å². The van der Waals surface area contributed by atoms with E-state index >= 15 is 0 Å². The van der Waals surface area contributed by atoms with E-state index in [2.05, 4.69) is 361 Å². The summed E-state index contributed by atoms with van der Waals surface area (Å²) >= 11 is 0. The third kappa shape index (κ3) is 10.6. The minimum atomic E-state index is 0.651. The van der Waals surface area contributed by atoms with Gasteiger partial charge in [-0.1, -0.05) is 322 Å². The van der Waals surface area contributed by atoms with Gasteiger partial charge in [-0.15, -0.1) is 0 Å². The Kier molecular flexibility index (Phi) is 14.8. The molecule has 0 atom stereocenters. The van der Waals surface area contributed by atoms with Crippen LogP contribution in [0.3, 0.4) is 0 Å². The molecule has 530 valence electrons. The van der Waals surface area contributed by atoms with Crippen LogP contribution in [0.2, 0.25) is 0 Å². The van der Waals surface area contributed by atoms with Crippen molar-refractivity contribution in [2.45, 2.75) is 0 Å². The van der Waals surface area contributed by atoms with Gasteiger partial charge < -0.3 is 8.83 Å². The van der Waals surface area contributed by atoms with Gasteiger partial charge in [0.05, 0.1) is 44.5 Å². The van der Waals surface area contributed by atoms with Gasteiger partial charge in [-0.25, -0.2) is 19.9 Å². The molecule has 0 radical (unpaired) electrons. The van der Waals surface area contributed by atoms with Crippen molar-refractivity contribution in [2.24, 2.45) is 0 Å². The SMILES string of the molecule is c1ccc(-c2ccc(-c3nc(-n4c5ccccc5c5c6cc(-c7ccc(-c8cccc9c8oc8ccccc89)cc7)ccc6ccc54)nc4ccccc34)cc2)cc1.c1ccc2cc(-c3nc(-n4c5ccccc5c5c6cc(-c7ccc(-c8cccc9c8oc8ccccc89)cc7)ccc6ccc54)nc4ccccc34)ccc2c1. The molecule has 0 aliphatic rings. The Bertz CT molecular complexity index is 8030. The van der Waals surface area contributed by atoms with E-state index < -0.39 is 0 Å². The zero-order chi connectivity index (χ0) is 74.9. The van der Waals surface area contributed by atoms with E-state index in [4.69, 9.17) is 28.8 Å². The second-order valence-corrected chi connectivity index (χ2v) is 29.5. The normalized spacial score (nSPS) is 11.9. The van der Waals surface area contributed by atoms with Gasteiger partial charge in [0.2, 0.25) is 11.9 Å². The molecule has 8 nitrogen and oxygen atoms in total. The lowest BCUT2D eigenvalue weighted by atomic mass is 9.96. The van der Waals surface area contributed by atoms with Gasteiger partial charge in [0, 0.05) is 76.1 Å². The van der Waals surface area contributed by atoms with Gasteiger partial charge in [-0.05, 0) is 144 Å². The molecule has 8 heteroatoms. The third-order valence-electron chi connectivity index (χ3n) is 23.0. The number of hydrogen-bond donors (Lipinski definition) is 0. The van der Waals surface area contributed by atoms with E-state index in [-0.39, 0.29) is 0 Å². The van der Waals surface area contributed by atoms with Gasteiger partial charge in [-0.3, -0.25) is 9.13 Å². The van der Waals surface area contributed by atoms with Crippen LogP contribution in [0, 0.1) is 0 Å². The predicted octanol–water partition coefficient (Wildman–Crippen LogP) is 28.4. The molecule has 0 aliphatic heterocycles. The van der Waals surface area contributed by atoms with E-state index in [1.165, 1.54) is 65.0 Å². The predicted molar refractivity (Wildman–Crippen MR) is 473 cm³/mol. The number of furan rings is 2. The Hall–Kier alpha value is -15.4. The first-order valence-electron chi connectivity index (χ1n) is 38.6. The molecule has 0 saturated carbocycles. The summed E-state index contributed by atoms with van der Waals surface area (Å²) in [4.78, 5) is 21.2. The average Bonchev–Trinajstić information content (AvgIpc) is 1.56. The fraction of sp³-hybridized carbons (Fsp3) is 0. The summed E-state index contributed by atoms with van der Waals surface area (Å²) in [5, 5.41) is 18.5. The van der Waals surface area contributed by atoms with Crippen molar-refractivity contribution in [3.05, 3.63) is 388 Å². The minimum Gasteiger partial charge on any atom is -0.455 e. The number of para-hydroxylation sites is 8. The quantitative estimate of drug-likeness (QED) is 0.143. The van der Waals surface area contributed by atoms with Crippen LogP contribution in [0.15, 0.2) is 397 Å². The fourth-order valence-electron chi connectivity index (χ4n) is 17.6. The summed E-state index contributed by atoms with van der Waals surface area (Å²) in [6.45, 7) is 0. The minimum absolute atomic E-state index is 0.651. The number of aromatic nitrogens is 6. The van der Waals surface area contributed by atoms with Gasteiger partial charge in [0.25, 0.3) is 0 Å². The average molecular weight is 1450 g/mol. The van der Waals surface area contributed by atoms with Crippen molar-refractivity contribution in [3.63, 3.8) is 0 Å². The highest BCUT2D eigenvalue weighted by Gasteiger charge is 2.24. The van der Waals surface area contributed by atoms with Crippen LogP contribution in [0.4, 0.5) is 0 Å². The number of fused-ring (bicyclic) bond motifs is 19. The van der Waals surface area contributed by atoms with Crippen LogP contribution in [0.5, 0.6) is 0 Å². The van der Waals surface area contributed by atoms with Crippen LogP contribution in [0.25, 0.3) is 232 Å². The second-order valence-electron chi connectivity index (χ2n) is 29.5. The first kappa shape index (κ1) is 64.6. The van der Waals surface area contributed by atoms with Crippen molar-refractivity contribution in [3.8, 4) is 90.0 Å². The number of benzene rings is 18. The molecule has 0 aliphatic carbocycles. The third-order valence-corrected chi connectivity index (χ3v) is 23.0. The molecule has 0 bridgehead atoms. The monoisotopic (exact) mass is 1450 g/mol. The maximum Gasteiger partial charge on any atom is 0.235 e. The topological polar surface area (TPSA) is 87.7 Å². The van der Waals surface area contributed by atoms with Crippen molar-refractivity contribution in [1.29, 1.82) is 0 Å². The lowest BCUT2D eigenvalue weighted by molar-refractivity contribution is 0.669. The van der Waals surface area contributed by atoms with Crippen molar-refractivity contribution in [1.82, 2.24) is 29.1 Å². The Balaban J connectivity index is 0.000000135. The summed E-state index contributed by atoms with van der Waals surface area (Å²) < 4.78 is 17.2. The highest BCUT2D eigenvalue weighted by atomic mass is 16.3. The fourth-order valence-corrected chi connectivity index (χ4v) is 17.6. The first-order chi connectivity index (χ1) is 56.5. The van der Waals surface area contributed by atoms with Gasteiger partial charge in [-0.2, -0.15) is 0 Å². The molecule has 24 aromatic rings. The number of nitrogens with zero attached hydrogens (tertiary/aromatic N) is 6. The summed E-state index contributed by atoms with van der Waals surface area (Å²) in [6.07, 6.45) is 0. The van der Waals surface area contributed by atoms with Crippen LogP contribution in [0.1, 0.15) is 0 Å². The molecule has 24 rings (SSSR count). The second kappa shape index (κ2) is 26.2. The summed E-state index contributed by atoms with van der Waals surface area (Å²) in [7, 11) is 0. The number of rotatable bonds is 9. The van der Waals surface area contributed by atoms with Gasteiger partial charge in [0.15, 0.2) is 0 Å². The van der Waals surface area contributed by atoms with E-state index in [0.717, 1.165) is 155 Å². The zero-order valence-corrected chi connectivity index (χ0v) is 61.5. The summed E-state index contributed by atoms with van der Waals surface area (Å²) in [5.41, 5.74) is 25.2. The molecular weight excluding hydrogens is 1390 g/mol. The van der Waals surface area contributed by atoms with E-state index in [9.17, 15) is 0 Å². The smallest absolute Gasteiger partial charge is 0.235 e. The highest BCUT2D eigenvalue weighted by molar-refractivity contribution is 6.24. The number of hydrogen-bond acceptors (Lipinski definition) is 6. The molecule has 114 heavy (non-hydrogen) atoms. The molecule has 0 unspecified atom stereocenters. The Morgan fingerprint density at radius 3 is 1.07 bits per heavy atom. The van der Waals surface area contributed by atoms with Crippen molar-refractivity contribution in [2.75, 3.05) is 0 Å². The molecule has 0 saturated heterocycles. The molecule has 6 aromatic heterocycles. The van der Waals surface area contributed by atoms with Crippen LogP contribution >= 0.6 is 0 Å². The van der Waals surface area contributed by atoms with Crippen molar-refractivity contribution >= 4 is 142 Å². The maximum atomic E-state index is 6.37. The molecule has 0 N–H and O–H groups in total. The molecule has 18 aromatic carbocycles. The molecular formula is C106H64N6O2. The first-order valence-corrected chi connectivity index (χ1v) is 38.6. The Labute approximate surface area is 653 Å². The molecule has 0 amide bonds. The van der Waals surface area contributed by atoms with Crippen LogP contribution in [-0.4, -0.2) is 29.1 Å². The van der Waals surface area contributed by atoms with Gasteiger partial charge >= 0.3 is 0 Å². The molecule has 0 fully saturated rings. The van der Waals surface area contributed by atoms with Gasteiger partial charge in [0.1, 0.15) is 22.3 Å². The molecule has 6 heterocycles. The Morgan fingerprint density at radius 1 is 0.193 bits per heavy atom. The highest BCUT2D eigenvalue weighted by Crippen LogP contribution is 2.45. The van der Waals surface area contributed by atoms with Crippen LogP contribution < -0.4 is 0 Å². The standard InChI is InChI=1S/C54H33N3O.C52H31N3O/c1-2-11-34(12-3-1)35-23-28-39(29-24-35)52-44-14-4-7-18-47(44)55-54(56-52)57-48-19-8-5-15-45(48)51-46-33-40(30-27-38(46)31-32-49(51)57)36-21-25-37(26-22-36)41-16-10-17-43-42-13-6-9-20-50(42)58-53(41)43;1-2-11-36-30-38(27-22-32(36)10-1)50-42-13-3-6-17-45(42)53-52(54-50)55-46-18-7-4-14-43(46)49-44-31-37(26-25-35(44)28-29-47(49)55)33-20-23-34(24-21-33)39-15-9-16-41-40-12-5-8-19-48(40)56-51(39)41/h1-33H;1-31H. The lowest BCUT2D eigenvalue weighted by Gasteiger charge is -2.12. The Morgan fingerprint density at radius 2 is 0.553 bits per heavy atom. The van der Waals surface area contributed by atoms with E-state index in [1.807, 2.05) is 36.4 Å².